The minimum absolute atomic E-state index is 0.527. The second kappa shape index (κ2) is 17.0. The summed E-state index contributed by atoms with van der Waals surface area (Å²) < 4.78 is 48.8. The molecular weight excluding hydrogens is 612 g/mol. The van der Waals surface area contributed by atoms with E-state index in [0.717, 1.165) is 41.5 Å². The van der Waals surface area contributed by atoms with Crippen molar-refractivity contribution in [2.24, 2.45) is 10.2 Å². The van der Waals surface area contributed by atoms with Gasteiger partial charge in [0.05, 0.1) is 6.61 Å². The number of ether oxygens (including phenoxy) is 9. The van der Waals surface area contributed by atoms with Gasteiger partial charge in [-0.3, -0.25) is 28.8 Å². The van der Waals surface area contributed by atoms with E-state index in [0.29, 0.717) is 0 Å². The van der Waals surface area contributed by atoms with Crippen LogP contribution in [0, 0.1) is 0 Å². The van der Waals surface area contributed by atoms with Crippen molar-refractivity contribution in [1.82, 2.24) is 0 Å². The highest BCUT2D eigenvalue weighted by Crippen LogP contribution is 2.33. The number of azide groups is 2. The van der Waals surface area contributed by atoms with Crippen LogP contribution in [0.5, 0.6) is 0 Å². The lowest BCUT2D eigenvalue weighted by Gasteiger charge is -2.45. The Balaban J connectivity index is 2.53. The van der Waals surface area contributed by atoms with Gasteiger partial charge in [-0.1, -0.05) is 10.2 Å². The zero-order valence-electron chi connectivity index (χ0n) is 25.0. The van der Waals surface area contributed by atoms with Gasteiger partial charge in [0.1, 0.15) is 30.9 Å². The summed E-state index contributed by atoms with van der Waals surface area (Å²) in [5, 5.41) is 7.10. The van der Waals surface area contributed by atoms with Crippen LogP contribution in [0.4, 0.5) is 0 Å². The Hall–Kier alpha value is -4.68. The van der Waals surface area contributed by atoms with E-state index in [4.69, 9.17) is 48.2 Å². The zero-order chi connectivity index (χ0) is 33.8. The molecule has 0 radical (unpaired) electrons. The number of carbonyl (C=O) groups excluding carboxylic acids is 6. The van der Waals surface area contributed by atoms with Gasteiger partial charge >= 0.3 is 35.8 Å². The largest absolute Gasteiger partial charge is 0.463 e. The van der Waals surface area contributed by atoms with Gasteiger partial charge in [-0.05, 0) is 11.1 Å². The van der Waals surface area contributed by atoms with Crippen molar-refractivity contribution in [3.8, 4) is 0 Å². The molecule has 21 heteroatoms. The molecule has 2 saturated heterocycles. The minimum atomic E-state index is -1.66. The van der Waals surface area contributed by atoms with Gasteiger partial charge in [-0.15, -0.1) is 0 Å². The lowest BCUT2D eigenvalue weighted by Crippen LogP contribution is -2.63. The highest BCUT2D eigenvalue weighted by Gasteiger charge is 2.54. The monoisotopic (exact) mass is 644 g/mol. The number of hydrogen-bond donors (Lipinski definition) is 0. The van der Waals surface area contributed by atoms with Crippen molar-refractivity contribution < 1.29 is 71.4 Å². The first-order chi connectivity index (χ1) is 21.2. The van der Waals surface area contributed by atoms with E-state index in [1.54, 1.807) is 0 Å². The first kappa shape index (κ1) is 36.5. The molecule has 0 amide bonds. The molecular formula is C24H32N6O15. The summed E-state index contributed by atoms with van der Waals surface area (Å²) >= 11 is 0. The molecule has 0 bridgehead atoms. The number of carbonyl (C=O) groups is 6. The van der Waals surface area contributed by atoms with Crippen molar-refractivity contribution in [3.63, 3.8) is 0 Å². The summed E-state index contributed by atoms with van der Waals surface area (Å²) in [6.45, 7) is 5.10. The quantitative estimate of drug-likeness (QED) is 0.0927. The van der Waals surface area contributed by atoms with Crippen molar-refractivity contribution in [2.75, 3.05) is 13.2 Å². The second-order valence-corrected chi connectivity index (χ2v) is 9.52. The van der Waals surface area contributed by atoms with Crippen LogP contribution in [0.15, 0.2) is 10.2 Å². The summed E-state index contributed by atoms with van der Waals surface area (Å²) in [5.74, 6) is -5.08. The third-order valence-corrected chi connectivity index (χ3v) is 5.97. The summed E-state index contributed by atoms with van der Waals surface area (Å²) in [5.41, 5.74) is 18.4. The number of nitrogens with zero attached hydrogens (tertiary/aromatic N) is 6. The van der Waals surface area contributed by atoms with Crippen molar-refractivity contribution >= 4 is 35.8 Å². The highest BCUT2D eigenvalue weighted by atomic mass is 16.7. The maximum Gasteiger partial charge on any atom is 0.304 e. The standard InChI is InChI=1S/C24H32N6O15/c1-9(31)37-7-15-19(39-10(2)32)21(41-12(4)34)17(27-29-25)23(44-15)38-8-16-20(40-11(3)33)22(42-13(5)35)18(28-30-26)24(45-16)43-14(6)36/h15-24H,7-8H2,1-6H3/t15-,16-,17-,18-,19+,20+,21-,22-,23+,24-/m1/s1. The molecule has 248 valence electrons. The smallest absolute Gasteiger partial charge is 0.304 e. The Bertz CT molecular complexity index is 1240. The zero-order valence-corrected chi connectivity index (χ0v) is 25.0. The summed E-state index contributed by atoms with van der Waals surface area (Å²) in [4.78, 5) is 76.7. The van der Waals surface area contributed by atoms with Gasteiger partial charge in [-0.25, -0.2) is 0 Å². The van der Waals surface area contributed by atoms with Crippen LogP contribution in [0.1, 0.15) is 41.5 Å². The summed E-state index contributed by atoms with van der Waals surface area (Å²) in [7, 11) is 0. The maximum absolute atomic E-state index is 12.0. The van der Waals surface area contributed by atoms with Gasteiger partial charge in [-0.2, -0.15) is 0 Å². The lowest BCUT2D eigenvalue weighted by molar-refractivity contribution is -0.300. The van der Waals surface area contributed by atoms with Crippen LogP contribution in [0.3, 0.4) is 0 Å². The van der Waals surface area contributed by atoms with E-state index in [1.165, 1.54) is 0 Å². The predicted molar refractivity (Wildman–Crippen MR) is 140 cm³/mol. The Kier molecular flexibility index (Phi) is 13.8. The molecule has 2 aliphatic heterocycles. The third kappa shape index (κ3) is 10.8. The number of esters is 6. The molecule has 0 spiro atoms. The first-order valence-electron chi connectivity index (χ1n) is 13.2. The van der Waals surface area contributed by atoms with Gasteiger partial charge in [0.25, 0.3) is 0 Å². The molecule has 2 rings (SSSR count). The fourth-order valence-electron chi connectivity index (χ4n) is 4.52. The molecule has 10 atom stereocenters. The van der Waals surface area contributed by atoms with Gasteiger partial charge in [0.15, 0.2) is 30.7 Å². The van der Waals surface area contributed by atoms with E-state index in [9.17, 15) is 34.3 Å². The van der Waals surface area contributed by atoms with E-state index in [-0.39, 0.29) is 0 Å². The Morgan fingerprint density at radius 2 is 0.933 bits per heavy atom. The van der Waals surface area contributed by atoms with Crippen LogP contribution in [0.25, 0.3) is 20.9 Å². The predicted octanol–water partition coefficient (Wildman–Crippen LogP) is 0.664. The molecule has 0 aromatic rings. The fraction of sp³-hybridized carbons (Fsp3) is 0.750. The SMILES string of the molecule is CC(=O)OC[C@H]1O[C@H](OC[C@H]2O[C@@H](OC(C)=O)[C@H](N=[N+]=[N-])[C@@H](OC(C)=O)[C@H]2OC(C)=O)[C@H](N=[N+]=[N-])[C@@H](OC(C)=O)[C@H]1OC(C)=O. The van der Waals surface area contributed by atoms with Crippen molar-refractivity contribution in [1.29, 1.82) is 0 Å². The Labute approximate surface area is 254 Å². The minimum Gasteiger partial charge on any atom is -0.463 e. The summed E-state index contributed by atoms with van der Waals surface area (Å²) in [6, 6.07) is -3.05. The molecule has 2 heterocycles. The van der Waals surface area contributed by atoms with Crippen LogP contribution in [0.2, 0.25) is 0 Å². The molecule has 0 aromatic carbocycles. The molecule has 0 N–H and O–H groups in total. The van der Waals surface area contributed by atoms with E-state index < -0.39 is 110 Å². The Morgan fingerprint density at radius 3 is 1.33 bits per heavy atom. The average Bonchev–Trinajstić information content (AvgIpc) is 2.91. The third-order valence-electron chi connectivity index (χ3n) is 5.97. The fourth-order valence-corrected chi connectivity index (χ4v) is 4.52. The second-order valence-electron chi connectivity index (χ2n) is 9.52. The number of rotatable bonds is 12. The van der Waals surface area contributed by atoms with E-state index >= 15 is 0 Å². The maximum atomic E-state index is 12.0. The van der Waals surface area contributed by atoms with Gasteiger partial charge in [0, 0.05) is 51.4 Å². The molecule has 0 aliphatic carbocycles. The van der Waals surface area contributed by atoms with E-state index in [2.05, 4.69) is 20.1 Å². The molecule has 45 heavy (non-hydrogen) atoms. The van der Waals surface area contributed by atoms with Gasteiger partial charge < -0.3 is 42.6 Å². The van der Waals surface area contributed by atoms with E-state index in [1.807, 2.05) is 0 Å². The van der Waals surface area contributed by atoms with Crippen molar-refractivity contribution in [2.45, 2.75) is 103 Å². The molecule has 0 aromatic heterocycles. The van der Waals surface area contributed by atoms with Crippen LogP contribution < -0.4 is 0 Å². The average molecular weight is 645 g/mol. The van der Waals surface area contributed by atoms with Crippen LogP contribution in [-0.2, 0) is 71.4 Å². The molecule has 2 aliphatic rings. The van der Waals surface area contributed by atoms with Crippen LogP contribution >= 0.6 is 0 Å². The summed E-state index contributed by atoms with van der Waals surface area (Å²) in [6.07, 6.45) is -12.1. The lowest BCUT2D eigenvalue weighted by atomic mass is 9.96. The molecule has 21 nitrogen and oxygen atoms in total. The first-order valence-corrected chi connectivity index (χ1v) is 13.2. The van der Waals surface area contributed by atoms with Gasteiger partial charge in [0.2, 0.25) is 6.29 Å². The van der Waals surface area contributed by atoms with Crippen LogP contribution in [-0.4, -0.2) is 110 Å². The normalized spacial score (nSPS) is 30.6. The topological polar surface area (TPSA) is 283 Å². The van der Waals surface area contributed by atoms with Crippen molar-refractivity contribution in [3.05, 3.63) is 20.9 Å². The molecule has 0 unspecified atom stereocenters. The number of hydrogen-bond acceptors (Lipinski definition) is 17. The Morgan fingerprint density at radius 1 is 0.556 bits per heavy atom. The highest BCUT2D eigenvalue weighted by molar-refractivity contribution is 5.69. The molecule has 0 saturated carbocycles. The molecule has 2 fully saturated rings.